The standard InChI is InChI=1S/C14H17NO3S/c1-9-6-10(2)18-12(9)13(16)15-8-14(3,17)11-4-5-19-7-11/h4-7,17H,8H2,1-3H3,(H,15,16). The molecule has 0 spiro atoms. The highest BCUT2D eigenvalue weighted by atomic mass is 32.1. The Labute approximate surface area is 116 Å². The lowest BCUT2D eigenvalue weighted by Gasteiger charge is -2.22. The van der Waals surface area contributed by atoms with E-state index in [2.05, 4.69) is 5.32 Å². The maximum atomic E-state index is 12.0. The van der Waals surface area contributed by atoms with Crippen molar-refractivity contribution in [2.45, 2.75) is 26.4 Å². The van der Waals surface area contributed by atoms with Gasteiger partial charge in [0.05, 0.1) is 6.54 Å². The van der Waals surface area contributed by atoms with E-state index in [-0.39, 0.29) is 12.5 Å². The van der Waals surface area contributed by atoms with E-state index in [0.717, 1.165) is 11.1 Å². The summed E-state index contributed by atoms with van der Waals surface area (Å²) in [7, 11) is 0. The van der Waals surface area contributed by atoms with Crippen molar-refractivity contribution >= 4 is 17.2 Å². The molecule has 2 rings (SSSR count). The van der Waals surface area contributed by atoms with Gasteiger partial charge in [-0.25, -0.2) is 0 Å². The fourth-order valence-electron chi connectivity index (χ4n) is 1.87. The van der Waals surface area contributed by atoms with Crippen LogP contribution in [0.1, 0.15) is 34.4 Å². The fourth-order valence-corrected chi connectivity index (χ4v) is 2.66. The SMILES string of the molecule is Cc1cc(C)c(C(=O)NCC(C)(O)c2ccsc2)o1. The monoisotopic (exact) mass is 279 g/mol. The minimum Gasteiger partial charge on any atom is -0.456 e. The highest BCUT2D eigenvalue weighted by molar-refractivity contribution is 7.08. The van der Waals surface area contributed by atoms with E-state index in [4.69, 9.17) is 4.42 Å². The van der Waals surface area contributed by atoms with Crippen molar-refractivity contribution in [3.05, 3.63) is 45.5 Å². The van der Waals surface area contributed by atoms with Gasteiger partial charge < -0.3 is 14.8 Å². The molecule has 0 aliphatic heterocycles. The van der Waals surface area contributed by atoms with E-state index in [1.165, 1.54) is 11.3 Å². The molecule has 5 heteroatoms. The summed E-state index contributed by atoms with van der Waals surface area (Å²) < 4.78 is 5.34. The molecule has 2 N–H and O–H groups in total. The van der Waals surface area contributed by atoms with Crippen molar-refractivity contribution in [2.24, 2.45) is 0 Å². The topological polar surface area (TPSA) is 62.5 Å². The Morgan fingerprint density at radius 2 is 2.26 bits per heavy atom. The number of nitrogens with one attached hydrogen (secondary N) is 1. The third kappa shape index (κ3) is 3.05. The zero-order valence-corrected chi connectivity index (χ0v) is 12.0. The lowest BCUT2D eigenvalue weighted by atomic mass is 9.99. The van der Waals surface area contributed by atoms with Crippen LogP contribution in [0.4, 0.5) is 0 Å². The van der Waals surface area contributed by atoms with E-state index in [0.29, 0.717) is 11.5 Å². The Bertz CT molecular complexity index is 570. The highest BCUT2D eigenvalue weighted by Gasteiger charge is 2.25. The van der Waals surface area contributed by atoms with Gasteiger partial charge >= 0.3 is 0 Å². The molecular formula is C14H17NO3S. The van der Waals surface area contributed by atoms with Gasteiger partial charge in [-0.2, -0.15) is 11.3 Å². The smallest absolute Gasteiger partial charge is 0.287 e. The Balaban J connectivity index is 2.03. The molecule has 0 aliphatic rings. The first-order valence-corrected chi connectivity index (χ1v) is 6.95. The molecule has 102 valence electrons. The number of rotatable bonds is 4. The third-order valence-electron chi connectivity index (χ3n) is 2.98. The lowest BCUT2D eigenvalue weighted by Crippen LogP contribution is -2.38. The van der Waals surface area contributed by atoms with Gasteiger partial charge in [-0.05, 0) is 49.2 Å². The second-order valence-electron chi connectivity index (χ2n) is 4.84. The van der Waals surface area contributed by atoms with Crippen LogP contribution in [0, 0.1) is 13.8 Å². The average Bonchev–Trinajstić information content (AvgIpc) is 2.96. The maximum absolute atomic E-state index is 12.0. The van der Waals surface area contributed by atoms with E-state index >= 15 is 0 Å². The first-order valence-electron chi connectivity index (χ1n) is 6.00. The number of carbonyl (C=O) groups excluding carboxylic acids is 1. The van der Waals surface area contributed by atoms with Gasteiger partial charge in [0.25, 0.3) is 5.91 Å². The van der Waals surface area contributed by atoms with Crippen molar-refractivity contribution in [3.63, 3.8) is 0 Å². The summed E-state index contributed by atoms with van der Waals surface area (Å²) in [4.78, 5) is 12.0. The first-order chi connectivity index (χ1) is 8.90. The summed E-state index contributed by atoms with van der Waals surface area (Å²) in [5.74, 6) is 0.701. The molecule has 2 heterocycles. The van der Waals surface area contributed by atoms with Crippen molar-refractivity contribution in [1.29, 1.82) is 0 Å². The summed E-state index contributed by atoms with van der Waals surface area (Å²) in [6, 6.07) is 3.66. The predicted molar refractivity (Wildman–Crippen MR) is 74.4 cm³/mol. The normalized spacial score (nSPS) is 14.1. The van der Waals surface area contributed by atoms with Crippen LogP contribution in [0.25, 0.3) is 0 Å². The van der Waals surface area contributed by atoms with Crippen LogP contribution in [0.3, 0.4) is 0 Å². The lowest BCUT2D eigenvalue weighted by molar-refractivity contribution is 0.0521. The molecule has 0 radical (unpaired) electrons. The molecule has 2 aromatic rings. The zero-order valence-electron chi connectivity index (χ0n) is 11.2. The molecule has 0 aromatic carbocycles. The van der Waals surface area contributed by atoms with Gasteiger partial charge in [-0.1, -0.05) is 0 Å². The molecule has 0 saturated carbocycles. The summed E-state index contributed by atoms with van der Waals surface area (Å²) in [5.41, 5.74) is 0.515. The minimum absolute atomic E-state index is 0.141. The van der Waals surface area contributed by atoms with Crippen molar-refractivity contribution in [1.82, 2.24) is 5.32 Å². The summed E-state index contributed by atoms with van der Waals surface area (Å²) >= 11 is 1.51. The van der Waals surface area contributed by atoms with Crippen LogP contribution >= 0.6 is 11.3 Å². The van der Waals surface area contributed by atoms with Gasteiger partial charge in [0.1, 0.15) is 11.4 Å². The van der Waals surface area contributed by atoms with E-state index in [9.17, 15) is 9.90 Å². The number of carbonyl (C=O) groups is 1. The Morgan fingerprint density at radius 3 is 2.79 bits per heavy atom. The minimum atomic E-state index is -1.08. The van der Waals surface area contributed by atoms with Crippen molar-refractivity contribution in [3.8, 4) is 0 Å². The van der Waals surface area contributed by atoms with Gasteiger partial charge in [0.15, 0.2) is 5.76 Å². The van der Waals surface area contributed by atoms with E-state index in [1.807, 2.05) is 29.8 Å². The summed E-state index contributed by atoms with van der Waals surface area (Å²) in [6.45, 7) is 5.44. The first kappa shape index (κ1) is 13.8. The zero-order chi connectivity index (χ0) is 14.0. The summed E-state index contributed by atoms with van der Waals surface area (Å²) in [5, 5.41) is 16.8. The molecule has 2 aromatic heterocycles. The van der Waals surface area contributed by atoms with Crippen LogP contribution in [0.15, 0.2) is 27.3 Å². The van der Waals surface area contributed by atoms with Gasteiger partial charge in [0.2, 0.25) is 0 Å². The third-order valence-corrected chi connectivity index (χ3v) is 3.67. The highest BCUT2D eigenvalue weighted by Crippen LogP contribution is 2.22. The van der Waals surface area contributed by atoms with Crippen LogP contribution < -0.4 is 5.32 Å². The fraction of sp³-hybridized carbons (Fsp3) is 0.357. The molecular weight excluding hydrogens is 262 g/mol. The average molecular weight is 279 g/mol. The molecule has 19 heavy (non-hydrogen) atoms. The molecule has 0 saturated heterocycles. The quantitative estimate of drug-likeness (QED) is 0.904. The largest absolute Gasteiger partial charge is 0.456 e. The number of hydrogen-bond donors (Lipinski definition) is 2. The van der Waals surface area contributed by atoms with Gasteiger partial charge in [-0.15, -0.1) is 0 Å². The second-order valence-corrected chi connectivity index (χ2v) is 5.62. The van der Waals surface area contributed by atoms with Crippen LogP contribution in [0.5, 0.6) is 0 Å². The van der Waals surface area contributed by atoms with Gasteiger partial charge in [-0.3, -0.25) is 4.79 Å². The maximum Gasteiger partial charge on any atom is 0.287 e. The number of hydrogen-bond acceptors (Lipinski definition) is 4. The molecule has 1 unspecified atom stereocenters. The number of furan rings is 1. The van der Waals surface area contributed by atoms with Gasteiger partial charge in [0, 0.05) is 5.56 Å². The molecule has 4 nitrogen and oxygen atoms in total. The van der Waals surface area contributed by atoms with E-state index < -0.39 is 5.60 Å². The molecule has 0 fully saturated rings. The summed E-state index contributed by atoms with van der Waals surface area (Å²) in [6.07, 6.45) is 0. The van der Waals surface area contributed by atoms with Crippen LogP contribution in [-0.2, 0) is 5.60 Å². The van der Waals surface area contributed by atoms with Crippen LogP contribution in [0.2, 0.25) is 0 Å². The van der Waals surface area contributed by atoms with Crippen molar-refractivity contribution < 1.29 is 14.3 Å². The van der Waals surface area contributed by atoms with E-state index in [1.54, 1.807) is 13.8 Å². The second kappa shape index (κ2) is 5.19. The number of thiophene rings is 1. The molecule has 0 bridgehead atoms. The molecule has 0 aliphatic carbocycles. The van der Waals surface area contributed by atoms with Crippen LogP contribution in [-0.4, -0.2) is 17.6 Å². The Morgan fingerprint density at radius 1 is 1.53 bits per heavy atom. The Hall–Kier alpha value is -1.59. The van der Waals surface area contributed by atoms with Crippen molar-refractivity contribution in [2.75, 3.05) is 6.54 Å². The molecule has 1 atom stereocenters. The molecule has 1 amide bonds. The number of amides is 1. The number of aliphatic hydroxyl groups is 1. The Kier molecular flexibility index (Phi) is 3.78. The predicted octanol–water partition coefficient (Wildman–Crippen LogP) is 2.60. The number of aryl methyl sites for hydroxylation is 2.